The van der Waals surface area contributed by atoms with E-state index in [9.17, 15) is 4.79 Å². The van der Waals surface area contributed by atoms with E-state index >= 15 is 0 Å². The van der Waals surface area contributed by atoms with Crippen molar-refractivity contribution in [1.82, 2.24) is 9.80 Å². The molecule has 74 valence electrons. The van der Waals surface area contributed by atoms with Crippen LogP contribution < -0.4 is 0 Å². The van der Waals surface area contributed by atoms with Crippen LogP contribution in [0.3, 0.4) is 0 Å². The smallest absolute Gasteiger partial charge is 0.224 e. The summed E-state index contributed by atoms with van der Waals surface area (Å²) in [5, 5.41) is 0. The Bertz CT molecular complexity index is 201. The molecule has 2 fully saturated rings. The van der Waals surface area contributed by atoms with Crippen LogP contribution in [0.1, 0.15) is 26.2 Å². The molecule has 1 amide bonds. The lowest BCUT2D eigenvalue weighted by Gasteiger charge is -2.42. The van der Waals surface area contributed by atoms with Crippen molar-refractivity contribution < 1.29 is 4.79 Å². The molecule has 0 saturated carbocycles. The summed E-state index contributed by atoms with van der Waals surface area (Å²) in [6, 6.07) is 0.559. The highest BCUT2D eigenvalue weighted by Crippen LogP contribution is 2.21. The van der Waals surface area contributed by atoms with Crippen molar-refractivity contribution in [3.05, 3.63) is 0 Å². The Kier molecular flexibility index (Phi) is 2.54. The molecule has 2 saturated heterocycles. The second kappa shape index (κ2) is 3.66. The fraction of sp³-hybridized carbons (Fsp3) is 0.900. The molecule has 0 spiro atoms. The largest absolute Gasteiger partial charge is 0.343 e. The lowest BCUT2D eigenvalue weighted by atomic mass is 9.99. The minimum atomic E-state index is 0.352. The highest BCUT2D eigenvalue weighted by atomic mass is 16.2. The number of hydrogen-bond acceptors (Lipinski definition) is 2. The van der Waals surface area contributed by atoms with Crippen molar-refractivity contribution in [3.63, 3.8) is 0 Å². The van der Waals surface area contributed by atoms with Crippen molar-refractivity contribution >= 4 is 5.91 Å². The molecule has 1 unspecified atom stereocenters. The summed E-state index contributed by atoms with van der Waals surface area (Å²) in [6.45, 7) is 6.33. The maximum atomic E-state index is 11.6. The van der Waals surface area contributed by atoms with Gasteiger partial charge in [0.1, 0.15) is 0 Å². The summed E-state index contributed by atoms with van der Waals surface area (Å²) in [7, 11) is 0. The van der Waals surface area contributed by atoms with Gasteiger partial charge in [-0.3, -0.25) is 9.69 Å². The van der Waals surface area contributed by atoms with Crippen LogP contribution in [0, 0.1) is 0 Å². The number of carbonyl (C=O) groups is 1. The molecule has 0 radical (unpaired) electrons. The van der Waals surface area contributed by atoms with Crippen LogP contribution >= 0.6 is 0 Å². The predicted octanol–water partition coefficient (Wildman–Crippen LogP) is 0.703. The van der Waals surface area contributed by atoms with E-state index in [1.165, 1.54) is 25.9 Å². The predicted molar refractivity (Wildman–Crippen MR) is 51.5 cm³/mol. The van der Waals surface area contributed by atoms with Crippen molar-refractivity contribution in [3.8, 4) is 0 Å². The maximum Gasteiger partial charge on any atom is 0.224 e. The molecule has 2 aliphatic rings. The SMILES string of the molecule is CCN1CCC(N2CCC2)CC1=O. The van der Waals surface area contributed by atoms with E-state index in [0.717, 1.165) is 19.5 Å². The Labute approximate surface area is 79.7 Å². The van der Waals surface area contributed by atoms with Gasteiger partial charge in [0.05, 0.1) is 0 Å². The van der Waals surface area contributed by atoms with E-state index in [0.29, 0.717) is 11.9 Å². The number of rotatable bonds is 2. The van der Waals surface area contributed by atoms with Gasteiger partial charge < -0.3 is 4.90 Å². The van der Waals surface area contributed by atoms with Crippen LogP contribution in [-0.4, -0.2) is 47.9 Å². The van der Waals surface area contributed by atoms with Gasteiger partial charge in [-0.2, -0.15) is 0 Å². The quantitative estimate of drug-likeness (QED) is 0.627. The van der Waals surface area contributed by atoms with Crippen molar-refractivity contribution in [1.29, 1.82) is 0 Å². The molecular weight excluding hydrogens is 164 g/mol. The second-order valence-electron chi connectivity index (χ2n) is 4.01. The molecule has 0 N–H and O–H groups in total. The third-order valence-corrected chi connectivity index (χ3v) is 3.28. The van der Waals surface area contributed by atoms with Crippen LogP contribution in [0.5, 0.6) is 0 Å². The van der Waals surface area contributed by atoms with Gasteiger partial charge in [-0.05, 0) is 32.9 Å². The zero-order chi connectivity index (χ0) is 9.26. The van der Waals surface area contributed by atoms with Crippen LogP contribution in [0.25, 0.3) is 0 Å². The minimum Gasteiger partial charge on any atom is -0.343 e. The van der Waals surface area contributed by atoms with Crippen molar-refractivity contribution in [2.75, 3.05) is 26.2 Å². The molecule has 0 aromatic carbocycles. The van der Waals surface area contributed by atoms with Gasteiger partial charge >= 0.3 is 0 Å². The molecule has 0 aliphatic carbocycles. The maximum absolute atomic E-state index is 11.6. The van der Waals surface area contributed by atoms with Gasteiger partial charge in [-0.1, -0.05) is 0 Å². The average Bonchev–Trinajstić information content (AvgIpc) is 2.01. The van der Waals surface area contributed by atoms with E-state index in [-0.39, 0.29) is 0 Å². The summed E-state index contributed by atoms with van der Waals surface area (Å²) in [4.78, 5) is 16.0. The van der Waals surface area contributed by atoms with Crippen LogP contribution in [-0.2, 0) is 4.79 Å². The fourth-order valence-corrected chi connectivity index (χ4v) is 2.21. The van der Waals surface area contributed by atoms with Crippen LogP contribution in [0.15, 0.2) is 0 Å². The molecule has 2 rings (SSSR count). The summed E-state index contributed by atoms with van der Waals surface area (Å²) >= 11 is 0. The third kappa shape index (κ3) is 1.70. The first-order valence-corrected chi connectivity index (χ1v) is 5.33. The Morgan fingerprint density at radius 2 is 2.15 bits per heavy atom. The number of likely N-dealkylation sites (tertiary alicyclic amines) is 2. The lowest BCUT2D eigenvalue weighted by molar-refractivity contribution is -0.136. The molecule has 0 bridgehead atoms. The van der Waals surface area contributed by atoms with Crippen molar-refractivity contribution in [2.24, 2.45) is 0 Å². The number of nitrogens with zero attached hydrogens (tertiary/aromatic N) is 2. The molecule has 13 heavy (non-hydrogen) atoms. The molecule has 0 aromatic rings. The fourth-order valence-electron chi connectivity index (χ4n) is 2.21. The van der Waals surface area contributed by atoms with E-state index in [1.54, 1.807) is 0 Å². The normalized spacial score (nSPS) is 30.4. The van der Waals surface area contributed by atoms with Crippen LogP contribution in [0.2, 0.25) is 0 Å². The van der Waals surface area contributed by atoms with E-state index in [2.05, 4.69) is 11.8 Å². The number of piperidine rings is 1. The average molecular weight is 182 g/mol. The Hall–Kier alpha value is -0.570. The first-order valence-electron chi connectivity index (χ1n) is 5.33. The molecule has 3 nitrogen and oxygen atoms in total. The van der Waals surface area contributed by atoms with Crippen molar-refractivity contribution in [2.45, 2.75) is 32.2 Å². The topological polar surface area (TPSA) is 23.6 Å². The lowest BCUT2D eigenvalue weighted by Crippen LogP contribution is -2.52. The molecule has 2 heterocycles. The van der Waals surface area contributed by atoms with E-state index in [1.807, 2.05) is 4.90 Å². The Balaban J connectivity index is 1.87. The standard InChI is InChI=1S/C10H18N2O/c1-2-11-7-4-9(8-10(11)13)12-5-3-6-12/h9H,2-8H2,1H3. The first-order chi connectivity index (χ1) is 6.31. The molecular formula is C10H18N2O. The Morgan fingerprint density at radius 3 is 2.62 bits per heavy atom. The number of hydrogen-bond donors (Lipinski definition) is 0. The zero-order valence-electron chi connectivity index (χ0n) is 8.33. The third-order valence-electron chi connectivity index (χ3n) is 3.28. The van der Waals surface area contributed by atoms with E-state index in [4.69, 9.17) is 0 Å². The molecule has 0 aromatic heterocycles. The molecule has 3 heteroatoms. The van der Waals surface area contributed by atoms with Gasteiger partial charge in [-0.25, -0.2) is 0 Å². The van der Waals surface area contributed by atoms with Gasteiger partial charge in [0, 0.05) is 25.6 Å². The van der Waals surface area contributed by atoms with Crippen LogP contribution in [0.4, 0.5) is 0 Å². The number of carbonyl (C=O) groups excluding carboxylic acids is 1. The van der Waals surface area contributed by atoms with Gasteiger partial charge in [0.25, 0.3) is 0 Å². The summed E-state index contributed by atoms with van der Waals surface area (Å²) < 4.78 is 0. The summed E-state index contributed by atoms with van der Waals surface area (Å²) in [5.41, 5.74) is 0. The highest BCUT2D eigenvalue weighted by molar-refractivity contribution is 5.77. The molecule has 1 atom stereocenters. The highest BCUT2D eigenvalue weighted by Gasteiger charge is 2.31. The van der Waals surface area contributed by atoms with Gasteiger partial charge in [-0.15, -0.1) is 0 Å². The molecule has 2 aliphatic heterocycles. The second-order valence-corrected chi connectivity index (χ2v) is 4.01. The van der Waals surface area contributed by atoms with Gasteiger partial charge in [0.15, 0.2) is 0 Å². The monoisotopic (exact) mass is 182 g/mol. The minimum absolute atomic E-state index is 0.352. The zero-order valence-corrected chi connectivity index (χ0v) is 8.33. The number of amides is 1. The van der Waals surface area contributed by atoms with E-state index < -0.39 is 0 Å². The summed E-state index contributed by atoms with van der Waals surface area (Å²) in [5.74, 6) is 0.352. The summed E-state index contributed by atoms with van der Waals surface area (Å²) in [6.07, 6.45) is 3.26. The van der Waals surface area contributed by atoms with Gasteiger partial charge in [0.2, 0.25) is 5.91 Å². The Morgan fingerprint density at radius 1 is 1.38 bits per heavy atom. The first kappa shape index (κ1) is 9.00.